The Morgan fingerprint density at radius 3 is 2.67 bits per heavy atom. The van der Waals surface area contributed by atoms with Gasteiger partial charge in [0.05, 0.1) is 12.5 Å². The normalized spacial score (nSPS) is 25.1. The maximum atomic E-state index is 12.2. The van der Waals surface area contributed by atoms with Gasteiger partial charge < -0.3 is 5.32 Å². The third kappa shape index (κ3) is 3.98. The lowest BCUT2D eigenvalue weighted by Crippen LogP contribution is -2.50. The van der Waals surface area contributed by atoms with Gasteiger partial charge in [-0.05, 0) is 43.2 Å². The number of rotatable bonds is 4. The van der Waals surface area contributed by atoms with E-state index in [9.17, 15) is 10.1 Å². The molecule has 0 unspecified atom stereocenters. The molecule has 0 bridgehead atoms. The van der Waals surface area contributed by atoms with Crippen molar-refractivity contribution in [3.63, 3.8) is 0 Å². The van der Waals surface area contributed by atoms with E-state index in [-0.39, 0.29) is 12.3 Å². The minimum atomic E-state index is -0.690. The smallest absolute Gasteiger partial charge is 0.225 e. The fourth-order valence-corrected chi connectivity index (χ4v) is 3.17. The van der Waals surface area contributed by atoms with Gasteiger partial charge >= 0.3 is 0 Å². The van der Waals surface area contributed by atoms with Crippen LogP contribution in [0.2, 0.25) is 5.02 Å². The highest BCUT2D eigenvalue weighted by atomic mass is 35.5. The molecule has 1 fully saturated rings. The molecule has 0 atom stereocenters. The van der Waals surface area contributed by atoms with E-state index in [2.05, 4.69) is 18.3 Å². The zero-order chi connectivity index (χ0) is 15.3. The molecule has 1 saturated carbocycles. The first kappa shape index (κ1) is 15.9. The second kappa shape index (κ2) is 6.95. The molecule has 4 heteroatoms. The molecule has 1 aliphatic rings. The van der Waals surface area contributed by atoms with Gasteiger partial charge in [-0.25, -0.2) is 0 Å². The predicted octanol–water partition coefficient (Wildman–Crippen LogP) is 3.86. The Labute approximate surface area is 131 Å². The number of nitriles is 1. The molecule has 21 heavy (non-hydrogen) atoms. The third-order valence-corrected chi connectivity index (χ3v) is 4.81. The van der Waals surface area contributed by atoms with Gasteiger partial charge in [-0.3, -0.25) is 4.79 Å². The highest BCUT2D eigenvalue weighted by Gasteiger charge is 2.36. The van der Waals surface area contributed by atoms with Crippen LogP contribution >= 0.6 is 11.6 Å². The van der Waals surface area contributed by atoms with Gasteiger partial charge in [0.2, 0.25) is 5.91 Å². The van der Waals surface area contributed by atoms with E-state index >= 15 is 0 Å². The zero-order valence-corrected chi connectivity index (χ0v) is 13.1. The van der Waals surface area contributed by atoms with E-state index in [1.807, 2.05) is 18.2 Å². The SMILES string of the molecule is CCC1CCC(C#N)(NC(=O)Cc2ccccc2Cl)CC1. The number of hydrogen-bond donors (Lipinski definition) is 1. The van der Waals surface area contributed by atoms with Crippen molar-refractivity contribution in [2.24, 2.45) is 5.92 Å². The summed E-state index contributed by atoms with van der Waals surface area (Å²) >= 11 is 6.07. The molecule has 112 valence electrons. The topological polar surface area (TPSA) is 52.9 Å². The maximum Gasteiger partial charge on any atom is 0.225 e. The largest absolute Gasteiger partial charge is 0.338 e. The third-order valence-electron chi connectivity index (χ3n) is 4.44. The average Bonchev–Trinajstić information content (AvgIpc) is 2.50. The van der Waals surface area contributed by atoms with Crippen LogP contribution in [0.25, 0.3) is 0 Å². The van der Waals surface area contributed by atoms with Crippen LogP contribution in [0.4, 0.5) is 0 Å². The zero-order valence-electron chi connectivity index (χ0n) is 12.4. The molecular weight excluding hydrogens is 284 g/mol. The minimum Gasteiger partial charge on any atom is -0.338 e. The summed E-state index contributed by atoms with van der Waals surface area (Å²) in [7, 11) is 0. The molecule has 1 N–H and O–H groups in total. The molecule has 0 heterocycles. The van der Waals surface area contributed by atoms with E-state index in [4.69, 9.17) is 11.6 Å². The first-order chi connectivity index (χ1) is 10.1. The molecular formula is C17H21ClN2O. The Kier molecular flexibility index (Phi) is 5.25. The molecule has 1 aromatic carbocycles. The van der Waals surface area contributed by atoms with Gasteiger partial charge in [-0.15, -0.1) is 0 Å². The fourth-order valence-electron chi connectivity index (χ4n) is 2.97. The molecule has 1 aromatic rings. The number of benzene rings is 1. The maximum absolute atomic E-state index is 12.2. The minimum absolute atomic E-state index is 0.125. The van der Waals surface area contributed by atoms with Crippen LogP contribution in [0.15, 0.2) is 24.3 Å². The van der Waals surface area contributed by atoms with Gasteiger partial charge in [0.1, 0.15) is 5.54 Å². The Morgan fingerprint density at radius 2 is 2.10 bits per heavy atom. The van der Waals surface area contributed by atoms with Crippen molar-refractivity contribution < 1.29 is 4.79 Å². The Hall–Kier alpha value is -1.53. The Bertz CT molecular complexity index is 542. The summed E-state index contributed by atoms with van der Waals surface area (Å²) < 4.78 is 0. The number of halogens is 1. The first-order valence-electron chi connectivity index (χ1n) is 7.54. The van der Waals surface area contributed by atoms with E-state index < -0.39 is 5.54 Å². The molecule has 1 aliphatic carbocycles. The molecule has 0 radical (unpaired) electrons. The summed E-state index contributed by atoms with van der Waals surface area (Å²) in [6, 6.07) is 9.65. The van der Waals surface area contributed by atoms with Crippen molar-refractivity contribution in [3.8, 4) is 6.07 Å². The molecule has 0 spiro atoms. The Morgan fingerprint density at radius 1 is 1.43 bits per heavy atom. The highest BCUT2D eigenvalue weighted by Crippen LogP contribution is 2.33. The standard InChI is InChI=1S/C17H21ClN2O/c1-2-13-7-9-17(12-19,10-8-13)20-16(21)11-14-5-3-4-6-15(14)18/h3-6,13H,2,7-11H2,1H3,(H,20,21). The van der Waals surface area contributed by atoms with Crippen LogP contribution in [-0.2, 0) is 11.2 Å². The van der Waals surface area contributed by atoms with Crippen molar-refractivity contribution >= 4 is 17.5 Å². The van der Waals surface area contributed by atoms with Crippen molar-refractivity contribution in [1.29, 1.82) is 5.26 Å². The summed E-state index contributed by atoms with van der Waals surface area (Å²) in [6.45, 7) is 2.18. The molecule has 1 amide bonds. The van der Waals surface area contributed by atoms with E-state index in [1.165, 1.54) is 0 Å². The molecule has 2 rings (SSSR count). The van der Waals surface area contributed by atoms with E-state index in [1.54, 1.807) is 6.07 Å². The summed E-state index contributed by atoms with van der Waals surface area (Å²) in [5.74, 6) is 0.562. The molecule has 0 aliphatic heterocycles. The monoisotopic (exact) mass is 304 g/mol. The lowest BCUT2D eigenvalue weighted by molar-refractivity contribution is -0.122. The highest BCUT2D eigenvalue weighted by molar-refractivity contribution is 6.31. The quantitative estimate of drug-likeness (QED) is 0.918. The molecule has 0 saturated heterocycles. The van der Waals surface area contributed by atoms with Crippen LogP contribution in [0, 0.1) is 17.2 Å². The number of carbonyl (C=O) groups excluding carboxylic acids is 1. The van der Waals surface area contributed by atoms with Crippen LogP contribution in [-0.4, -0.2) is 11.4 Å². The van der Waals surface area contributed by atoms with Crippen molar-refractivity contribution in [2.75, 3.05) is 0 Å². The van der Waals surface area contributed by atoms with E-state index in [0.29, 0.717) is 10.9 Å². The van der Waals surface area contributed by atoms with Gasteiger partial charge in [0.25, 0.3) is 0 Å². The van der Waals surface area contributed by atoms with Gasteiger partial charge in [-0.2, -0.15) is 5.26 Å². The number of amides is 1. The van der Waals surface area contributed by atoms with Crippen LogP contribution in [0.5, 0.6) is 0 Å². The van der Waals surface area contributed by atoms with Gasteiger partial charge in [0, 0.05) is 5.02 Å². The number of nitrogens with one attached hydrogen (secondary N) is 1. The van der Waals surface area contributed by atoms with E-state index in [0.717, 1.165) is 37.7 Å². The summed E-state index contributed by atoms with van der Waals surface area (Å²) in [5.41, 5.74) is 0.108. The second-order valence-electron chi connectivity index (χ2n) is 5.86. The summed E-state index contributed by atoms with van der Waals surface area (Å²) in [4.78, 5) is 12.2. The lowest BCUT2D eigenvalue weighted by atomic mass is 9.76. The van der Waals surface area contributed by atoms with Gasteiger partial charge in [0.15, 0.2) is 0 Å². The Balaban J connectivity index is 1.98. The summed E-state index contributed by atoms with van der Waals surface area (Å²) in [6.07, 6.45) is 4.88. The predicted molar refractivity (Wildman–Crippen MR) is 83.9 cm³/mol. The lowest BCUT2D eigenvalue weighted by Gasteiger charge is -2.35. The number of carbonyl (C=O) groups is 1. The molecule has 0 aromatic heterocycles. The average molecular weight is 305 g/mol. The number of hydrogen-bond acceptors (Lipinski definition) is 2. The van der Waals surface area contributed by atoms with Crippen molar-refractivity contribution in [2.45, 2.75) is 51.0 Å². The van der Waals surface area contributed by atoms with Crippen LogP contribution < -0.4 is 5.32 Å². The van der Waals surface area contributed by atoms with Crippen molar-refractivity contribution in [3.05, 3.63) is 34.9 Å². The first-order valence-corrected chi connectivity index (χ1v) is 7.92. The van der Waals surface area contributed by atoms with Crippen LogP contribution in [0.3, 0.4) is 0 Å². The van der Waals surface area contributed by atoms with Gasteiger partial charge in [-0.1, -0.05) is 43.1 Å². The molecule has 3 nitrogen and oxygen atoms in total. The number of nitrogens with zero attached hydrogens (tertiary/aromatic N) is 1. The van der Waals surface area contributed by atoms with Crippen LogP contribution in [0.1, 0.15) is 44.6 Å². The summed E-state index contributed by atoms with van der Waals surface area (Å²) in [5, 5.41) is 13.0. The fraction of sp³-hybridized carbons (Fsp3) is 0.529. The second-order valence-corrected chi connectivity index (χ2v) is 6.27. The van der Waals surface area contributed by atoms with Crippen molar-refractivity contribution in [1.82, 2.24) is 5.32 Å².